The molecule has 4 rings (SSSR count). The van der Waals surface area contributed by atoms with E-state index in [1.807, 2.05) is 50.4 Å². The zero-order valence-electron chi connectivity index (χ0n) is 18.0. The van der Waals surface area contributed by atoms with Gasteiger partial charge in [0.25, 0.3) is 5.91 Å². The predicted molar refractivity (Wildman–Crippen MR) is 122 cm³/mol. The van der Waals surface area contributed by atoms with Crippen LogP contribution in [0.15, 0.2) is 57.9 Å². The largest absolute Gasteiger partial charge is 0.480 e. The molecule has 2 aromatic heterocycles. The molecule has 31 heavy (non-hydrogen) atoms. The zero-order chi connectivity index (χ0) is 22.0. The lowest BCUT2D eigenvalue weighted by Gasteiger charge is -2.17. The van der Waals surface area contributed by atoms with Crippen LogP contribution in [0, 0.1) is 6.92 Å². The number of ether oxygens (including phenoxy) is 1. The van der Waals surface area contributed by atoms with Crippen LogP contribution in [0.2, 0.25) is 0 Å². The second kappa shape index (κ2) is 8.68. The first-order valence-corrected chi connectivity index (χ1v) is 10.5. The maximum absolute atomic E-state index is 12.7. The molecule has 2 aromatic carbocycles. The molecular formula is C25H26N2O4. The maximum Gasteiger partial charge on any atom is 0.336 e. The molecule has 0 saturated carbocycles. The number of fused-ring (bicyclic) bond motifs is 2. The summed E-state index contributed by atoms with van der Waals surface area (Å²) in [5.74, 6) is 0.361. The Labute approximate surface area is 180 Å². The van der Waals surface area contributed by atoms with Gasteiger partial charge in [0.1, 0.15) is 11.3 Å². The third kappa shape index (κ3) is 4.33. The van der Waals surface area contributed by atoms with Crippen LogP contribution < -0.4 is 15.7 Å². The summed E-state index contributed by atoms with van der Waals surface area (Å²) >= 11 is 0. The fourth-order valence-electron chi connectivity index (χ4n) is 3.89. The molecule has 6 heteroatoms. The van der Waals surface area contributed by atoms with Crippen molar-refractivity contribution in [1.29, 1.82) is 0 Å². The minimum absolute atomic E-state index is 0.190. The number of aromatic amines is 1. The van der Waals surface area contributed by atoms with Crippen LogP contribution in [-0.2, 0) is 17.6 Å². The van der Waals surface area contributed by atoms with Crippen molar-refractivity contribution in [3.8, 4) is 5.75 Å². The Bertz CT molecular complexity index is 1300. The first-order chi connectivity index (χ1) is 15.0. The zero-order valence-corrected chi connectivity index (χ0v) is 18.0. The van der Waals surface area contributed by atoms with Gasteiger partial charge in [0.05, 0.1) is 5.39 Å². The van der Waals surface area contributed by atoms with E-state index >= 15 is 0 Å². The summed E-state index contributed by atoms with van der Waals surface area (Å²) < 4.78 is 11.4. The van der Waals surface area contributed by atoms with E-state index in [4.69, 9.17) is 9.15 Å². The monoisotopic (exact) mass is 418 g/mol. The standard InChI is InChI=1S/C25H26N2O4/c1-4-17-13-23(28)31-22-12-15(2)11-21(24(17)22)30-16(3)25(29)26-10-9-18-14-27-20-8-6-5-7-19(18)20/h5-8,11-14,16,27H,4,9-10H2,1-3H3,(H,26,29)/t16-/m0/s1. The summed E-state index contributed by atoms with van der Waals surface area (Å²) in [4.78, 5) is 27.7. The molecule has 0 fully saturated rings. The smallest absolute Gasteiger partial charge is 0.336 e. The minimum Gasteiger partial charge on any atom is -0.480 e. The number of aromatic nitrogens is 1. The quantitative estimate of drug-likeness (QED) is 0.439. The van der Waals surface area contributed by atoms with Crippen molar-refractivity contribution in [2.75, 3.05) is 6.54 Å². The molecule has 0 radical (unpaired) electrons. The van der Waals surface area contributed by atoms with E-state index in [1.165, 1.54) is 11.5 Å². The molecule has 2 N–H and O–H groups in total. The highest BCUT2D eigenvalue weighted by Crippen LogP contribution is 2.31. The Morgan fingerprint density at radius 1 is 1.19 bits per heavy atom. The molecule has 2 heterocycles. The van der Waals surface area contributed by atoms with Crippen molar-refractivity contribution in [2.45, 2.75) is 39.7 Å². The van der Waals surface area contributed by atoms with Gasteiger partial charge in [-0.2, -0.15) is 0 Å². The molecule has 160 valence electrons. The molecule has 0 bridgehead atoms. The molecule has 0 saturated heterocycles. The number of carbonyl (C=O) groups excluding carboxylic acids is 1. The van der Waals surface area contributed by atoms with Gasteiger partial charge >= 0.3 is 5.63 Å². The molecule has 0 aliphatic heterocycles. The summed E-state index contributed by atoms with van der Waals surface area (Å²) in [6.07, 6.45) is 2.67. The maximum atomic E-state index is 12.7. The summed E-state index contributed by atoms with van der Waals surface area (Å²) in [7, 11) is 0. The molecule has 0 aliphatic rings. The van der Waals surface area contributed by atoms with Crippen molar-refractivity contribution in [3.63, 3.8) is 0 Å². The minimum atomic E-state index is -0.690. The van der Waals surface area contributed by atoms with Gasteiger partial charge in [0.15, 0.2) is 6.10 Å². The molecule has 1 atom stereocenters. The van der Waals surface area contributed by atoms with Gasteiger partial charge < -0.3 is 19.5 Å². The number of carbonyl (C=O) groups is 1. The number of hydrogen-bond acceptors (Lipinski definition) is 4. The van der Waals surface area contributed by atoms with Crippen LogP contribution in [0.5, 0.6) is 5.75 Å². The van der Waals surface area contributed by atoms with Gasteiger partial charge in [-0.1, -0.05) is 25.1 Å². The summed E-state index contributed by atoms with van der Waals surface area (Å²) in [5, 5.41) is 4.86. The highest BCUT2D eigenvalue weighted by molar-refractivity contribution is 5.88. The van der Waals surface area contributed by atoms with Gasteiger partial charge in [-0.05, 0) is 61.6 Å². The fourth-order valence-corrected chi connectivity index (χ4v) is 3.89. The molecule has 4 aromatic rings. The third-order valence-electron chi connectivity index (χ3n) is 5.46. The number of nitrogens with one attached hydrogen (secondary N) is 2. The Kier molecular flexibility index (Phi) is 5.80. The van der Waals surface area contributed by atoms with Gasteiger partial charge in [-0.15, -0.1) is 0 Å². The fraction of sp³-hybridized carbons (Fsp3) is 0.280. The average Bonchev–Trinajstić information content (AvgIpc) is 3.15. The van der Waals surface area contributed by atoms with Crippen LogP contribution in [0.3, 0.4) is 0 Å². The highest BCUT2D eigenvalue weighted by atomic mass is 16.5. The Morgan fingerprint density at radius 2 is 2.00 bits per heavy atom. The topological polar surface area (TPSA) is 84.3 Å². The van der Waals surface area contributed by atoms with Gasteiger partial charge in [-0.3, -0.25) is 4.79 Å². The molecule has 0 aliphatic carbocycles. The predicted octanol–water partition coefficient (Wildman–Crippen LogP) is 4.27. The van der Waals surface area contributed by atoms with Crippen molar-refractivity contribution in [2.24, 2.45) is 0 Å². The van der Waals surface area contributed by atoms with Crippen molar-refractivity contribution in [3.05, 3.63) is 75.8 Å². The highest BCUT2D eigenvalue weighted by Gasteiger charge is 2.18. The first-order valence-electron chi connectivity index (χ1n) is 10.5. The number of aryl methyl sites for hydroxylation is 2. The van der Waals surface area contributed by atoms with Crippen LogP contribution in [-0.4, -0.2) is 23.5 Å². The molecule has 6 nitrogen and oxygen atoms in total. The van der Waals surface area contributed by atoms with Crippen molar-refractivity contribution in [1.82, 2.24) is 10.3 Å². The lowest BCUT2D eigenvalue weighted by molar-refractivity contribution is -0.127. The number of H-pyrrole nitrogens is 1. The molecule has 0 unspecified atom stereocenters. The van der Waals surface area contributed by atoms with E-state index in [0.29, 0.717) is 24.3 Å². The number of amides is 1. The van der Waals surface area contributed by atoms with Crippen LogP contribution in [0.4, 0.5) is 0 Å². The summed E-state index contributed by atoms with van der Waals surface area (Å²) in [6, 6.07) is 13.3. The number of para-hydroxylation sites is 1. The van der Waals surface area contributed by atoms with Crippen LogP contribution >= 0.6 is 0 Å². The molecule has 1 amide bonds. The number of hydrogen-bond donors (Lipinski definition) is 2. The number of rotatable bonds is 7. The molecule has 0 spiro atoms. The van der Waals surface area contributed by atoms with E-state index in [1.54, 1.807) is 6.92 Å². The van der Waals surface area contributed by atoms with E-state index in [9.17, 15) is 9.59 Å². The van der Waals surface area contributed by atoms with E-state index in [2.05, 4.69) is 16.4 Å². The third-order valence-corrected chi connectivity index (χ3v) is 5.46. The second-order valence-electron chi connectivity index (χ2n) is 7.74. The summed E-state index contributed by atoms with van der Waals surface area (Å²) in [6.45, 7) is 6.10. The Balaban J connectivity index is 1.46. The van der Waals surface area contributed by atoms with Gasteiger partial charge in [0.2, 0.25) is 0 Å². The SMILES string of the molecule is CCc1cc(=O)oc2cc(C)cc(O[C@@H](C)C(=O)NCCc3c[nH]c4ccccc34)c12. The number of benzene rings is 2. The van der Waals surface area contributed by atoms with Crippen LogP contribution in [0.25, 0.3) is 21.9 Å². The van der Waals surface area contributed by atoms with Gasteiger partial charge in [0, 0.05) is 29.7 Å². The second-order valence-corrected chi connectivity index (χ2v) is 7.74. The summed E-state index contributed by atoms with van der Waals surface area (Å²) in [5.41, 5.74) is 4.08. The molecular weight excluding hydrogens is 392 g/mol. The normalized spacial score (nSPS) is 12.2. The lowest BCUT2D eigenvalue weighted by Crippen LogP contribution is -2.37. The van der Waals surface area contributed by atoms with E-state index in [0.717, 1.165) is 34.0 Å². The van der Waals surface area contributed by atoms with Crippen LogP contribution in [0.1, 0.15) is 30.5 Å². The first kappa shape index (κ1) is 20.7. The van der Waals surface area contributed by atoms with Crippen molar-refractivity contribution >= 4 is 27.8 Å². The Morgan fingerprint density at radius 3 is 2.81 bits per heavy atom. The van der Waals surface area contributed by atoms with E-state index in [-0.39, 0.29) is 11.5 Å². The Hall–Kier alpha value is -3.54. The van der Waals surface area contributed by atoms with Crippen molar-refractivity contribution < 1.29 is 13.9 Å². The van der Waals surface area contributed by atoms with Gasteiger partial charge in [-0.25, -0.2) is 4.79 Å². The van der Waals surface area contributed by atoms with E-state index < -0.39 is 6.10 Å². The average molecular weight is 418 g/mol. The lowest BCUT2D eigenvalue weighted by atomic mass is 10.0.